The third-order valence-electron chi connectivity index (χ3n) is 2.84. The molecule has 1 heterocycles. The number of aliphatic hydroxyl groups is 1. The number of hydrogen-bond donors (Lipinski definition) is 1. The number of rotatable bonds is 7. The molecule has 1 aromatic rings. The lowest BCUT2D eigenvalue weighted by Crippen LogP contribution is -2.18. The summed E-state index contributed by atoms with van der Waals surface area (Å²) in [5, 5.41) is 13.7. The summed E-state index contributed by atoms with van der Waals surface area (Å²) in [6.45, 7) is 10.6. The molecule has 0 aliphatic carbocycles. The highest BCUT2D eigenvalue weighted by molar-refractivity contribution is 4.94. The van der Waals surface area contributed by atoms with Gasteiger partial charge in [0.2, 0.25) is 11.7 Å². The van der Waals surface area contributed by atoms with Gasteiger partial charge < -0.3 is 14.4 Å². The Hall–Kier alpha value is -0.940. The van der Waals surface area contributed by atoms with E-state index in [0.717, 1.165) is 0 Å². The quantitative estimate of drug-likeness (QED) is 0.811. The molecule has 1 aromatic heterocycles. The zero-order chi connectivity index (χ0) is 13.7. The van der Waals surface area contributed by atoms with Crippen LogP contribution in [0.4, 0.5) is 0 Å². The summed E-state index contributed by atoms with van der Waals surface area (Å²) < 4.78 is 10.8. The first-order valence-corrected chi connectivity index (χ1v) is 6.57. The predicted octanol–water partition coefficient (Wildman–Crippen LogP) is 2.36. The Kier molecular flexibility index (Phi) is 5.75. The summed E-state index contributed by atoms with van der Waals surface area (Å²) in [5.41, 5.74) is 0. The molecule has 18 heavy (non-hydrogen) atoms. The molecule has 5 heteroatoms. The molecule has 1 N–H and O–H groups in total. The fourth-order valence-corrected chi connectivity index (χ4v) is 1.63. The number of ether oxygens (including phenoxy) is 1. The summed E-state index contributed by atoms with van der Waals surface area (Å²) in [6.07, 6.45) is -0.215. The van der Waals surface area contributed by atoms with Gasteiger partial charge in [0.15, 0.2) is 0 Å². The van der Waals surface area contributed by atoms with Crippen LogP contribution >= 0.6 is 0 Å². The van der Waals surface area contributed by atoms with Gasteiger partial charge in [-0.1, -0.05) is 32.9 Å². The molecule has 5 nitrogen and oxygen atoms in total. The van der Waals surface area contributed by atoms with Crippen molar-refractivity contribution < 1.29 is 14.4 Å². The molecule has 2 atom stereocenters. The number of hydrogen-bond acceptors (Lipinski definition) is 5. The molecule has 0 saturated heterocycles. The van der Waals surface area contributed by atoms with Gasteiger partial charge in [-0.05, 0) is 18.8 Å². The van der Waals surface area contributed by atoms with Gasteiger partial charge in [0.1, 0.15) is 6.10 Å². The van der Waals surface area contributed by atoms with Crippen LogP contribution in [0.3, 0.4) is 0 Å². The van der Waals surface area contributed by atoms with E-state index in [-0.39, 0.29) is 17.9 Å². The van der Waals surface area contributed by atoms with E-state index in [1.165, 1.54) is 0 Å². The van der Waals surface area contributed by atoms with Crippen LogP contribution in [0, 0.1) is 11.8 Å². The van der Waals surface area contributed by atoms with Gasteiger partial charge in [-0.15, -0.1) is 0 Å². The Bertz CT molecular complexity index is 350. The van der Waals surface area contributed by atoms with Gasteiger partial charge in [0.05, 0.1) is 12.5 Å². The van der Waals surface area contributed by atoms with Crippen LogP contribution in [-0.4, -0.2) is 28.0 Å². The fourth-order valence-electron chi connectivity index (χ4n) is 1.63. The van der Waals surface area contributed by atoms with Gasteiger partial charge in [-0.2, -0.15) is 4.98 Å². The maximum absolute atomic E-state index is 9.78. The monoisotopic (exact) mass is 256 g/mol. The summed E-state index contributed by atoms with van der Waals surface area (Å²) in [5.74, 6) is 1.49. The molecule has 0 aromatic carbocycles. The third-order valence-corrected chi connectivity index (χ3v) is 2.84. The second-order valence-corrected chi connectivity index (χ2v) is 5.18. The largest absolute Gasteiger partial charge is 0.392 e. The zero-order valence-electron chi connectivity index (χ0n) is 11.9. The van der Waals surface area contributed by atoms with Gasteiger partial charge in [0, 0.05) is 6.61 Å². The maximum atomic E-state index is 9.78. The van der Waals surface area contributed by atoms with Crippen molar-refractivity contribution in [3.8, 4) is 0 Å². The highest BCUT2D eigenvalue weighted by Crippen LogP contribution is 2.23. The Balaban J connectivity index is 2.72. The minimum Gasteiger partial charge on any atom is -0.392 e. The molecule has 104 valence electrons. The number of aliphatic hydroxyl groups excluding tert-OH is 1. The first kappa shape index (κ1) is 15.1. The Morgan fingerprint density at radius 3 is 2.39 bits per heavy atom. The van der Waals surface area contributed by atoms with Crippen molar-refractivity contribution in [1.29, 1.82) is 0 Å². The van der Waals surface area contributed by atoms with Crippen molar-refractivity contribution >= 4 is 0 Å². The van der Waals surface area contributed by atoms with E-state index in [1.54, 1.807) is 0 Å². The Morgan fingerprint density at radius 1 is 1.22 bits per heavy atom. The first-order chi connectivity index (χ1) is 8.45. The summed E-state index contributed by atoms with van der Waals surface area (Å²) in [7, 11) is 0. The molecule has 0 spiro atoms. The molecule has 0 bridgehead atoms. The van der Waals surface area contributed by atoms with Crippen molar-refractivity contribution in [2.75, 3.05) is 6.61 Å². The molecular formula is C13H24N2O3. The molecule has 0 saturated carbocycles. The highest BCUT2D eigenvalue weighted by Gasteiger charge is 2.23. The second kappa shape index (κ2) is 6.85. The summed E-state index contributed by atoms with van der Waals surface area (Å²) in [4.78, 5) is 4.31. The molecule has 0 amide bonds. The number of aromatic nitrogens is 2. The smallest absolute Gasteiger partial charge is 0.229 e. The van der Waals surface area contributed by atoms with E-state index < -0.39 is 6.10 Å². The normalized spacial score (nSPS) is 15.3. The van der Waals surface area contributed by atoms with Gasteiger partial charge in [0.25, 0.3) is 0 Å². The standard InChI is InChI=1S/C13H24N2O3/c1-6-17-12(9(4)5)13-14-11(18-15-13)7-10(16)8(2)3/h8-10,12,16H,6-7H2,1-5H3. The molecule has 1 rings (SSSR count). The minimum absolute atomic E-state index is 0.149. The summed E-state index contributed by atoms with van der Waals surface area (Å²) >= 11 is 0. The van der Waals surface area contributed by atoms with Crippen LogP contribution in [0.5, 0.6) is 0 Å². The first-order valence-electron chi connectivity index (χ1n) is 6.57. The van der Waals surface area contributed by atoms with Crippen LogP contribution in [0.2, 0.25) is 0 Å². The molecule has 0 fully saturated rings. The van der Waals surface area contributed by atoms with Crippen LogP contribution in [0.15, 0.2) is 4.52 Å². The zero-order valence-corrected chi connectivity index (χ0v) is 11.9. The Labute approximate surface area is 109 Å². The molecule has 2 unspecified atom stereocenters. The maximum Gasteiger partial charge on any atom is 0.229 e. The van der Waals surface area contributed by atoms with Crippen LogP contribution in [0.1, 0.15) is 52.4 Å². The van der Waals surface area contributed by atoms with E-state index in [9.17, 15) is 5.11 Å². The average Bonchev–Trinajstić information content (AvgIpc) is 2.73. The van der Waals surface area contributed by atoms with Crippen molar-refractivity contribution in [2.24, 2.45) is 11.8 Å². The van der Waals surface area contributed by atoms with Gasteiger partial charge in [-0.25, -0.2) is 0 Å². The topological polar surface area (TPSA) is 68.4 Å². The average molecular weight is 256 g/mol. The van der Waals surface area contributed by atoms with E-state index in [4.69, 9.17) is 9.26 Å². The van der Waals surface area contributed by atoms with Gasteiger partial charge >= 0.3 is 0 Å². The number of nitrogens with zero attached hydrogens (tertiary/aromatic N) is 2. The van der Waals surface area contributed by atoms with Gasteiger partial charge in [-0.3, -0.25) is 0 Å². The SMILES string of the molecule is CCOC(c1noc(CC(O)C(C)C)n1)C(C)C. The molecule has 0 aliphatic heterocycles. The summed E-state index contributed by atoms with van der Waals surface area (Å²) in [6, 6.07) is 0. The van der Waals surface area contributed by atoms with Crippen LogP contribution in [-0.2, 0) is 11.2 Å². The van der Waals surface area contributed by atoms with Crippen molar-refractivity contribution in [3.05, 3.63) is 11.7 Å². The lowest BCUT2D eigenvalue weighted by Gasteiger charge is -2.16. The fraction of sp³-hybridized carbons (Fsp3) is 0.846. The molecule has 0 aliphatic rings. The van der Waals surface area contributed by atoms with E-state index in [0.29, 0.717) is 24.7 Å². The molecule has 0 radical (unpaired) electrons. The van der Waals surface area contributed by atoms with E-state index in [2.05, 4.69) is 24.0 Å². The lowest BCUT2D eigenvalue weighted by atomic mass is 10.0. The minimum atomic E-state index is -0.456. The third kappa shape index (κ3) is 4.07. The van der Waals surface area contributed by atoms with Crippen LogP contribution in [0.25, 0.3) is 0 Å². The lowest BCUT2D eigenvalue weighted by molar-refractivity contribution is 0.0217. The van der Waals surface area contributed by atoms with Crippen LogP contribution < -0.4 is 0 Å². The van der Waals surface area contributed by atoms with Crippen molar-refractivity contribution in [2.45, 2.75) is 53.2 Å². The van der Waals surface area contributed by atoms with E-state index in [1.807, 2.05) is 20.8 Å². The highest BCUT2D eigenvalue weighted by atomic mass is 16.5. The van der Waals surface area contributed by atoms with Crippen molar-refractivity contribution in [3.63, 3.8) is 0 Å². The van der Waals surface area contributed by atoms with E-state index >= 15 is 0 Å². The predicted molar refractivity (Wildman–Crippen MR) is 68.1 cm³/mol. The Morgan fingerprint density at radius 2 is 1.89 bits per heavy atom. The second-order valence-electron chi connectivity index (χ2n) is 5.18. The van der Waals surface area contributed by atoms with Crippen molar-refractivity contribution in [1.82, 2.24) is 10.1 Å². The molecular weight excluding hydrogens is 232 g/mol.